The number of benzene rings is 1. The van der Waals surface area contributed by atoms with Crippen LogP contribution in [-0.2, 0) is 21.9 Å². The number of hydrogen-bond acceptors (Lipinski definition) is 3. The second kappa shape index (κ2) is 9.29. The minimum absolute atomic E-state index is 0.0127. The first-order chi connectivity index (χ1) is 14.8. The van der Waals surface area contributed by atoms with Crippen molar-refractivity contribution in [2.24, 2.45) is 11.8 Å². The van der Waals surface area contributed by atoms with Gasteiger partial charge in [0.1, 0.15) is 0 Å². The van der Waals surface area contributed by atoms with Crippen molar-refractivity contribution in [1.82, 2.24) is 9.80 Å². The van der Waals surface area contributed by atoms with Crippen molar-refractivity contribution >= 4 is 17.5 Å². The molecule has 2 aliphatic heterocycles. The molecule has 1 N–H and O–H groups in total. The summed E-state index contributed by atoms with van der Waals surface area (Å²) in [5.74, 6) is -0.943. The average Bonchev–Trinajstić information content (AvgIpc) is 3.14. The molecule has 1 aromatic carbocycles. The first-order valence-electron chi connectivity index (χ1n) is 10.4. The van der Waals surface area contributed by atoms with Crippen LogP contribution in [0, 0.1) is 11.8 Å². The van der Waals surface area contributed by atoms with Crippen LogP contribution in [0.15, 0.2) is 18.2 Å². The van der Waals surface area contributed by atoms with Crippen LogP contribution >= 0.6 is 0 Å². The van der Waals surface area contributed by atoms with Crippen LogP contribution in [0.1, 0.15) is 36.8 Å². The highest BCUT2D eigenvalue weighted by Crippen LogP contribution is 2.37. The maximum atomic E-state index is 13.0. The Balaban J connectivity index is 1.61. The number of nitrogens with zero attached hydrogens (tertiary/aromatic N) is 2. The summed E-state index contributed by atoms with van der Waals surface area (Å²) in [6, 6.07) is 0.979. The van der Waals surface area contributed by atoms with Gasteiger partial charge in [-0.1, -0.05) is 0 Å². The number of carbonyl (C=O) groups excluding carboxylic acids is 2. The van der Waals surface area contributed by atoms with E-state index in [1.54, 1.807) is 4.90 Å². The van der Waals surface area contributed by atoms with Crippen molar-refractivity contribution in [3.05, 3.63) is 29.3 Å². The van der Waals surface area contributed by atoms with E-state index in [1.807, 2.05) is 7.05 Å². The summed E-state index contributed by atoms with van der Waals surface area (Å²) in [6.45, 7) is 2.46. The zero-order valence-electron chi connectivity index (χ0n) is 17.5. The van der Waals surface area contributed by atoms with E-state index in [2.05, 4.69) is 10.2 Å². The van der Waals surface area contributed by atoms with Gasteiger partial charge in [-0.15, -0.1) is 0 Å². The molecule has 0 bridgehead atoms. The molecular formula is C21H25F6N3O2. The van der Waals surface area contributed by atoms with Crippen LogP contribution < -0.4 is 5.32 Å². The molecule has 2 fully saturated rings. The molecule has 2 amide bonds. The van der Waals surface area contributed by atoms with Crippen LogP contribution in [0.25, 0.3) is 0 Å². The Morgan fingerprint density at radius 1 is 0.969 bits per heavy atom. The van der Waals surface area contributed by atoms with Gasteiger partial charge in [0, 0.05) is 31.7 Å². The van der Waals surface area contributed by atoms with E-state index in [1.165, 1.54) is 0 Å². The lowest BCUT2D eigenvalue weighted by Crippen LogP contribution is -2.42. The zero-order valence-corrected chi connectivity index (χ0v) is 17.5. The van der Waals surface area contributed by atoms with Gasteiger partial charge in [-0.2, -0.15) is 26.3 Å². The maximum Gasteiger partial charge on any atom is 0.416 e. The molecule has 0 aliphatic carbocycles. The number of piperidine rings is 1. The van der Waals surface area contributed by atoms with Crippen LogP contribution in [-0.4, -0.2) is 54.8 Å². The molecule has 0 aromatic heterocycles. The smallest absolute Gasteiger partial charge is 0.342 e. The average molecular weight is 465 g/mol. The van der Waals surface area contributed by atoms with Gasteiger partial charge < -0.3 is 15.1 Å². The van der Waals surface area contributed by atoms with E-state index in [-0.39, 0.29) is 30.2 Å². The lowest BCUT2D eigenvalue weighted by molar-refractivity contribution is -0.143. The molecule has 2 aliphatic rings. The fraction of sp³-hybridized carbons (Fsp3) is 0.619. The van der Waals surface area contributed by atoms with E-state index in [0.717, 1.165) is 19.4 Å². The lowest BCUT2D eigenvalue weighted by atomic mass is 9.97. The van der Waals surface area contributed by atoms with Crippen molar-refractivity contribution in [3.63, 3.8) is 0 Å². The summed E-state index contributed by atoms with van der Waals surface area (Å²) >= 11 is 0. The standard InChI is InChI=1S/C21H25F6N3O2/c1-29-5-2-3-14(12-29)19(32)30-6-4-13(11-30)7-18(31)28-17-9-15(20(22,23)24)8-16(10-17)21(25,26)27/h8-10,13-14H,2-7,11-12H2,1H3,(H,28,31). The summed E-state index contributed by atoms with van der Waals surface area (Å²) < 4.78 is 77.9. The third-order valence-electron chi connectivity index (χ3n) is 5.92. The van der Waals surface area contributed by atoms with Crippen molar-refractivity contribution in [3.8, 4) is 0 Å². The Morgan fingerprint density at radius 2 is 1.59 bits per heavy atom. The number of likely N-dealkylation sites (tertiary alicyclic amines) is 2. The fourth-order valence-corrected chi connectivity index (χ4v) is 4.33. The molecule has 2 unspecified atom stereocenters. The summed E-state index contributed by atoms with van der Waals surface area (Å²) in [7, 11) is 1.95. The molecule has 0 saturated carbocycles. The predicted molar refractivity (Wildman–Crippen MR) is 105 cm³/mol. The molecule has 32 heavy (non-hydrogen) atoms. The zero-order chi connectivity index (χ0) is 23.7. The number of carbonyl (C=O) groups is 2. The second-order valence-electron chi connectivity index (χ2n) is 8.59. The first-order valence-corrected chi connectivity index (χ1v) is 10.4. The molecule has 3 rings (SSSR count). The number of anilines is 1. The van der Waals surface area contributed by atoms with Gasteiger partial charge in [-0.05, 0) is 57.0 Å². The molecule has 178 valence electrons. The predicted octanol–water partition coefficient (Wildman–Crippen LogP) is 4.24. The number of amides is 2. The van der Waals surface area contributed by atoms with Gasteiger partial charge in [-0.25, -0.2) is 0 Å². The lowest BCUT2D eigenvalue weighted by Gasteiger charge is -2.31. The van der Waals surface area contributed by atoms with Crippen LogP contribution in [0.5, 0.6) is 0 Å². The van der Waals surface area contributed by atoms with E-state index >= 15 is 0 Å². The van der Waals surface area contributed by atoms with Gasteiger partial charge in [0.2, 0.25) is 11.8 Å². The molecule has 2 saturated heterocycles. The molecule has 0 radical (unpaired) electrons. The molecule has 5 nitrogen and oxygen atoms in total. The normalized spacial score (nSPS) is 22.8. The van der Waals surface area contributed by atoms with Crippen molar-refractivity contribution in [2.75, 3.05) is 38.5 Å². The second-order valence-corrected chi connectivity index (χ2v) is 8.59. The topological polar surface area (TPSA) is 52.7 Å². The third-order valence-corrected chi connectivity index (χ3v) is 5.92. The molecular weight excluding hydrogens is 440 g/mol. The first kappa shape index (κ1) is 24.3. The number of nitrogens with one attached hydrogen (secondary N) is 1. The Bertz CT molecular complexity index is 823. The Hall–Kier alpha value is -2.30. The SMILES string of the molecule is CN1CCCC(C(=O)N2CCC(CC(=O)Nc3cc(C(F)(F)F)cc(C(F)(F)F)c3)C2)C1. The van der Waals surface area contributed by atoms with Crippen LogP contribution in [0.3, 0.4) is 0 Å². The van der Waals surface area contributed by atoms with E-state index in [0.29, 0.717) is 38.2 Å². The van der Waals surface area contributed by atoms with E-state index in [4.69, 9.17) is 0 Å². The van der Waals surface area contributed by atoms with Crippen molar-refractivity contribution in [2.45, 2.75) is 38.0 Å². The fourth-order valence-electron chi connectivity index (χ4n) is 4.33. The number of alkyl halides is 6. The van der Waals surface area contributed by atoms with Gasteiger partial charge in [0.15, 0.2) is 0 Å². The Morgan fingerprint density at radius 3 is 2.16 bits per heavy atom. The number of hydrogen-bond donors (Lipinski definition) is 1. The molecule has 11 heteroatoms. The minimum Gasteiger partial charge on any atom is -0.342 e. The molecule has 2 heterocycles. The van der Waals surface area contributed by atoms with Crippen molar-refractivity contribution < 1.29 is 35.9 Å². The molecule has 0 spiro atoms. The third kappa shape index (κ3) is 6.14. The highest BCUT2D eigenvalue weighted by atomic mass is 19.4. The summed E-state index contributed by atoms with van der Waals surface area (Å²) in [4.78, 5) is 28.8. The number of rotatable bonds is 4. The highest BCUT2D eigenvalue weighted by Gasteiger charge is 2.37. The Labute approximate surface area is 181 Å². The monoisotopic (exact) mass is 465 g/mol. The minimum atomic E-state index is -4.99. The van der Waals surface area contributed by atoms with E-state index < -0.39 is 35.1 Å². The maximum absolute atomic E-state index is 13.0. The van der Waals surface area contributed by atoms with E-state index in [9.17, 15) is 35.9 Å². The summed E-state index contributed by atoms with van der Waals surface area (Å²) in [5.41, 5.74) is -3.54. The summed E-state index contributed by atoms with van der Waals surface area (Å²) in [6.07, 6.45) is -7.77. The van der Waals surface area contributed by atoms with Crippen LogP contribution in [0.2, 0.25) is 0 Å². The quantitative estimate of drug-likeness (QED) is 0.677. The Kier molecular flexibility index (Phi) is 7.06. The number of halogens is 6. The van der Waals surface area contributed by atoms with Gasteiger partial charge in [0.25, 0.3) is 0 Å². The van der Waals surface area contributed by atoms with Gasteiger partial charge >= 0.3 is 12.4 Å². The summed E-state index contributed by atoms with van der Waals surface area (Å²) in [5, 5.41) is 2.16. The molecule has 1 aromatic rings. The highest BCUT2D eigenvalue weighted by molar-refractivity contribution is 5.91. The van der Waals surface area contributed by atoms with Gasteiger partial charge in [0.05, 0.1) is 17.0 Å². The van der Waals surface area contributed by atoms with Crippen LogP contribution in [0.4, 0.5) is 32.0 Å². The molecule has 2 atom stereocenters. The largest absolute Gasteiger partial charge is 0.416 e. The van der Waals surface area contributed by atoms with Gasteiger partial charge in [-0.3, -0.25) is 9.59 Å². The van der Waals surface area contributed by atoms with Crippen molar-refractivity contribution in [1.29, 1.82) is 0 Å².